The molecule has 5 aliphatic rings. The summed E-state index contributed by atoms with van der Waals surface area (Å²) in [6.45, 7) is 19.2. The van der Waals surface area contributed by atoms with E-state index in [1.165, 1.54) is 36.0 Å². The first-order chi connectivity index (χ1) is 24.1. The lowest BCUT2D eigenvalue weighted by atomic mass is 9.32. The van der Waals surface area contributed by atoms with Crippen molar-refractivity contribution in [1.29, 1.82) is 0 Å². The molecule has 0 unspecified atom stereocenters. The molecule has 0 spiro atoms. The SMILES string of the molecule is C=C(C)[C@@H]1CC[C@]2(C(=O)O)CC[C@]3(C)[C@H](CC[C@@H]4[C@@]5(C)CC=C(c6ccc(-c7cnc8ccccc8c7C(=O)O)cc6)C(C)(C)[C@@H]5CC[C@]43C)[C@@H]12. The van der Waals surface area contributed by atoms with Gasteiger partial charge in [-0.25, -0.2) is 4.79 Å². The Bertz CT molecular complexity index is 1990. The molecule has 3 aromatic rings. The zero-order valence-electron chi connectivity index (χ0n) is 31.4. The molecule has 4 saturated carbocycles. The third kappa shape index (κ3) is 4.54. The molecule has 5 heteroatoms. The van der Waals surface area contributed by atoms with Crippen molar-refractivity contribution in [2.45, 2.75) is 99.3 Å². The summed E-state index contributed by atoms with van der Waals surface area (Å²) in [7, 11) is 0. The van der Waals surface area contributed by atoms with Gasteiger partial charge in [-0.1, -0.05) is 95.3 Å². The van der Waals surface area contributed by atoms with Crippen LogP contribution >= 0.6 is 0 Å². The maximum Gasteiger partial charge on any atom is 0.337 e. The van der Waals surface area contributed by atoms with E-state index in [0.717, 1.165) is 44.1 Å². The molecule has 5 aliphatic carbocycles. The van der Waals surface area contributed by atoms with Crippen LogP contribution in [0.2, 0.25) is 0 Å². The summed E-state index contributed by atoms with van der Waals surface area (Å²) in [5, 5.41) is 21.6. The third-order valence-corrected chi connectivity index (χ3v) is 16.6. The van der Waals surface area contributed by atoms with Gasteiger partial charge >= 0.3 is 11.9 Å². The van der Waals surface area contributed by atoms with Crippen LogP contribution in [-0.2, 0) is 4.79 Å². The van der Waals surface area contributed by atoms with E-state index in [9.17, 15) is 19.8 Å². The van der Waals surface area contributed by atoms with Gasteiger partial charge in [-0.15, -0.1) is 0 Å². The molecule has 268 valence electrons. The molecule has 0 radical (unpaired) electrons. The zero-order chi connectivity index (χ0) is 36.3. The Kier molecular flexibility index (Phi) is 7.67. The standard InChI is InChI=1S/C46H55NO4/c1-27(2)30-18-23-46(41(50)51)25-24-44(6)34(39(30)46)16-17-37-43(5)21-19-33(42(3,4)36(43)20-22-45(37,44)7)29-14-12-28(13-15-29)32-26-47-35-11-9-8-10-31(35)38(32)40(48)49/h8-15,19,26,30,34,36-37,39H,1,16-18,20-25H2,2-7H3,(H,48,49)(H,50,51)/t30-,34+,36-,37+,39+,43-,44+,45+,46-/m0/s1. The molecular formula is C46H55NO4. The van der Waals surface area contributed by atoms with Crippen molar-refractivity contribution in [3.63, 3.8) is 0 Å². The van der Waals surface area contributed by atoms with E-state index in [0.29, 0.717) is 45.7 Å². The Morgan fingerprint density at radius 2 is 1.51 bits per heavy atom. The molecule has 0 bridgehead atoms. The van der Waals surface area contributed by atoms with Crippen LogP contribution in [-0.4, -0.2) is 27.1 Å². The van der Waals surface area contributed by atoms with Gasteiger partial charge in [-0.05, 0) is 139 Å². The molecule has 2 aromatic carbocycles. The van der Waals surface area contributed by atoms with Crippen LogP contribution in [0.25, 0.3) is 27.6 Å². The van der Waals surface area contributed by atoms with Gasteiger partial charge in [0.15, 0.2) is 0 Å². The maximum atomic E-state index is 13.0. The fourth-order valence-corrected chi connectivity index (χ4v) is 14.0. The summed E-state index contributed by atoms with van der Waals surface area (Å²) in [5.74, 6) is 0.554. The van der Waals surface area contributed by atoms with Gasteiger partial charge in [-0.2, -0.15) is 0 Å². The number of allylic oxidation sites excluding steroid dienone is 3. The topological polar surface area (TPSA) is 87.5 Å². The summed E-state index contributed by atoms with van der Waals surface area (Å²) in [5.41, 5.74) is 6.09. The number of nitrogens with zero attached hydrogens (tertiary/aromatic N) is 1. The predicted molar refractivity (Wildman–Crippen MR) is 204 cm³/mol. The number of hydrogen-bond donors (Lipinski definition) is 2. The average Bonchev–Trinajstić information content (AvgIpc) is 3.50. The molecule has 0 aliphatic heterocycles. The van der Waals surface area contributed by atoms with Crippen LogP contribution in [0.1, 0.15) is 115 Å². The van der Waals surface area contributed by atoms with Crippen LogP contribution in [0.4, 0.5) is 0 Å². The molecule has 8 rings (SSSR count). The first-order valence-electron chi connectivity index (χ1n) is 19.4. The number of carbonyl (C=O) groups is 2. The molecule has 5 nitrogen and oxygen atoms in total. The Balaban J connectivity index is 1.12. The monoisotopic (exact) mass is 685 g/mol. The first-order valence-corrected chi connectivity index (χ1v) is 19.4. The minimum Gasteiger partial charge on any atom is -0.481 e. The Morgan fingerprint density at radius 1 is 0.804 bits per heavy atom. The van der Waals surface area contributed by atoms with Gasteiger partial charge < -0.3 is 10.2 Å². The molecule has 1 aromatic heterocycles. The van der Waals surface area contributed by atoms with Gasteiger partial charge in [0, 0.05) is 17.1 Å². The fourth-order valence-electron chi connectivity index (χ4n) is 14.0. The number of rotatable bonds is 5. The predicted octanol–water partition coefficient (Wildman–Crippen LogP) is 11.3. The van der Waals surface area contributed by atoms with Crippen LogP contribution < -0.4 is 0 Å². The van der Waals surface area contributed by atoms with Crippen LogP contribution in [0.15, 0.2) is 73.0 Å². The van der Waals surface area contributed by atoms with Crippen molar-refractivity contribution in [3.8, 4) is 11.1 Å². The number of aliphatic carboxylic acids is 1. The molecule has 51 heavy (non-hydrogen) atoms. The Hall–Kier alpha value is -3.73. The smallest absolute Gasteiger partial charge is 0.337 e. The number of fused-ring (bicyclic) bond motifs is 8. The molecule has 0 saturated heterocycles. The lowest BCUT2D eigenvalue weighted by molar-refractivity contribution is -0.227. The van der Waals surface area contributed by atoms with Crippen molar-refractivity contribution in [2.24, 2.45) is 56.7 Å². The number of carboxylic acids is 2. The quantitative estimate of drug-likeness (QED) is 0.261. The highest BCUT2D eigenvalue weighted by molar-refractivity contribution is 6.08. The molecule has 9 atom stereocenters. The van der Waals surface area contributed by atoms with Gasteiger partial charge in [0.1, 0.15) is 0 Å². The van der Waals surface area contributed by atoms with Crippen LogP contribution in [0.5, 0.6) is 0 Å². The van der Waals surface area contributed by atoms with E-state index in [-0.39, 0.29) is 27.6 Å². The summed E-state index contributed by atoms with van der Waals surface area (Å²) in [6, 6.07) is 15.9. The average molecular weight is 686 g/mol. The second-order valence-electron chi connectivity index (χ2n) is 18.6. The van der Waals surface area contributed by atoms with E-state index in [2.05, 4.69) is 83.4 Å². The summed E-state index contributed by atoms with van der Waals surface area (Å²) in [6.07, 6.45) is 13.6. The first kappa shape index (κ1) is 34.4. The zero-order valence-corrected chi connectivity index (χ0v) is 31.4. The number of carboxylic acid groups (broad SMARTS) is 2. The molecule has 0 amide bonds. The minimum atomic E-state index is -0.941. The van der Waals surface area contributed by atoms with Gasteiger partial charge in [0.05, 0.1) is 16.5 Å². The van der Waals surface area contributed by atoms with Crippen molar-refractivity contribution < 1.29 is 19.8 Å². The summed E-state index contributed by atoms with van der Waals surface area (Å²) < 4.78 is 0. The number of aromatic carboxylic acids is 1. The Labute approximate surface area is 303 Å². The van der Waals surface area contributed by atoms with E-state index < -0.39 is 17.4 Å². The lowest BCUT2D eigenvalue weighted by Gasteiger charge is -2.72. The van der Waals surface area contributed by atoms with Crippen molar-refractivity contribution >= 4 is 28.4 Å². The largest absolute Gasteiger partial charge is 0.481 e. The number of pyridine rings is 1. The lowest BCUT2D eigenvalue weighted by Crippen LogP contribution is -2.65. The van der Waals surface area contributed by atoms with E-state index >= 15 is 0 Å². The van der Waals surface area contributed by atoms with Gasteiger partial charge in [-0.3, -0.25) is 9.78 Å². The van der Waals surface area contributed by atoms with E-state index in [1.807, 2.05) is 24.3 Å². The third-order valence-electron chi connectivity index (χ3n) is 16.6. The fraction of sp³-hybridized carbons (Fsp3) is 0.543. The number of hydrogen-bond acceptors (Lipinski definition) is 3. The van der Waals surface area contributed by atoms with Crippen molar-refractivity contribution in [2.75, 3.05) is 0 Å². The normalized spacial score (nSPS) is 38.1. The summed E-state index contributed by atoms with van der Waals surface area (Å²) >= 11 is 0. The highest BCUT2D eigenvalue weighted by Crippen LogP contribution is 2.77. The Morgan fingerprint density at radius 3 is 2.20 bits per heavy atom. The highest BCUT2D eigenvalue weighted by atomic mass is 16.4. The minimum absolute atomic E-state index is 0.0359. The second kappa shape index (κ2) is 11.4. The van der Waals surface area contributed by atoms with E-state index in [1.54, 1.807) is 6.20 Å². The highest BCUT2D eigenvalue weighted by Gasteiger charge is 2.71. The van der Waals surface area contributed by atoms with E-state index in [4.69, 9.17) is 0 Å². The number of aromatic nitrogens is 1. The molecule has 1 heterocycles. The van der Waals surface area contributed by atoms with Crippen molar-refractivity contribution in [3.05, 3.63) is 84.1 Å². The van der Waals surface area contributed by atoms with Gasteiger partial charge in [0.25, 0.3) is 0 Å². The molecule has 2 N–H and O–H groups in total. The van der Waals surface area contributed by atoms with Crippen LogP contribution in [0.3, 0.4) is 0 Å². The van der Waals surface area contributed by atoms with Crippen LogP contribution in [0, 0.1) is 56.7 Å². The maximum absolute atomic E-state index is 13.0. The summed E-state index contributed by atoms with van der Waals surface area (Å²) in [4.78, 5) is 30.1. The number of para-hydroxylation sites is 1. The number of benzene rings is 2. The van der Waals surface area contributed by atoms with Gasteiger partial charge in [0.2, 0.25) is 0 Å². The van der Waals surface area contributed by atoms with Crippen molar-refractivity contribution in [1.82, 2.24) is 4.98 Å². The molecular weight excluding hydrogens is 631 g/mol. The molecule has 4 fully saturated rings. The second-order valence-corrected chi connectivity index (χ2v) is 18.6.